The number of sulfonamides is 4. The van der Waals surface area contributed by atoms with Crippen molar-refractivity contribution in [3.8, 4) is 23.0 Å². The van der Waals surface area contributed by atoms with Crippen LogP contribution in [-0.2, 0) is 52.9 Å². The van der Waals surface area contributed by atoms with Gasteiger partial charge in [-0.1, -0.05) is 55.9 Å². The second-order valence-electron chi connectivity index (χ2n) is 23.8. The number of Topliss-reactive ketones (excluding diaryl/α,β-unsaturated/α-hetero) is 4. The van der Waals surface area contributed by atoms with Gasteiger partial charge < -0.3 is 47.7 Å². The molecule has 0 spiro atoms. The van der Waals surface area contributed by atoms with Gasteiger partial charge in [-0.15, -0.1) is 45.3 Å². The molecule has 12 aromatic rings. The lowest BCUT2D eigenvalue weighted by atomic mass is 10.0. The number of ketones is 4. The summed E-state index contributed by atoms with van der Waals surface area (Å²) in [7, 11) is -18.6. The van der Waals surface area contributed by atoms with Crippen LogP contribution in [-0.4, -0.2) is 103 Å². The van der Waals surface area contributed by atoms with Gasteiger partial charge in [-0.25, -0.2) is 52.5 Å². The third-order valence-electron chi connectivity index (χ3n) is 15.8. The van der Waals surface area contributed by atoms with Crippen molar-refractivity contribution >= 4 is 179 Å². The molecule has 2 amide bonds. The number of fused-ring (bicyclic) bond motifs is 2. The molecule has 4 aromatic carbocycles. The molecule has 118 heavy (non-hydrogen) atoms. The molecule has 0 radical (unpaired) electrons. The summed E-state index contributed by atoms with van der Waals surface area (Å²) in [6.07, 6.45) is -0.466. The average Bonchev–Trinajstić information content (AvgIpc) is 1.03. The van der Waals surface area contributed by atoms with Crippen molar-refractivity contribution in [2.45, 2.75) is 129 Å². The summed E-state index contributed by atoms with van der Waals surface area (Å²) in [6.45, 7) is -20.3. The number of anilines is 6. The number of ether oxygens (including phenoxy) is 4. The first kappa shape index (κ1) is 52.7. The molecule has 0 aliphatic carbocycles. The van der Waals surface area contributed by atoms with Gasteiger partial charge in [0.05, 0.1) is 38.0 Å². The second-order valence-corrected chi connectivity index (χ2v) is 34.6. The van der Waals surface area contributed by atoms with E-state index in [1.807, 2.05) is 0 Å². The molecule has 2 aliphatic heterocycles. The van der Waals surface area contributed by atoms with Gasteiger partial charge >= 0.3 is 0 Å². The third kappa shape index (κ3) is 19.5. The SMILES string of the molecule is [2H]C([2H])([2H])c1cc2c(cc1CC(=O)c1sccc1S(=O)(=O)Nc1onc(C)c1Cl)OCO2.[2H]C1([2H])Oc2cc(C)c(CC(=O)c3sccc3S(=O)(=O)Nc3onc(C)c3Cl)cc2O1.[2H]c1c(C(=O)C([2H])([2H])[2H])c(N([2H])C(=O)c2sccc2S(=O)(=O)N([2H])c2onc(C)c2C([2H])([2H])[2H])c(C([2H])([2H])[2H])c([2H])c1C([2H])([2H])[2H].[2H]c1c(C(=O)C([2H])([2H])[2H])c(N([2H])C(=O)c2sccc2S(=O)(=O)N([2H])c2onc(C)c2C)c(C([2H])([2H])[2H])c([2H])c1C([2H])([2H])[2H]. The normalized spacial score (nSPS) is 17.6. The highest BCUT2D eigenvalue weighted by atomic mass is 35.5. The number of hydrogen-bond donors (Lipinski definition) is 6. The number of halogens is 2. The summed E-state index contributed by atoms with van der Waals surface area (Å²) in [5.41, 5.74) is -10.1. The molecule has 0 bridgehead atoms. The zero-order valence-electron chi connectivity index (χ0n) is 94.1. The smallest absolute Gasteiger partial charge is 0.267 e. The Morgan fingerprint density at radius 3 is 1.23 bits per heavy atom. The summed E-state index contributed by atoms with van der Waals surface area (Å²) >= 11 is 14.6. The average molecular weight is 1840 g/mol. The van der Waals surface area contributed by atoms with Crippen LogP contribution in [0.5, 0.6) is 23.0 Å². The highest BCUT2D eigenvalue weighted by Gasteiger charge is 2.34. The van der Waals surface area contributed by atoms with Crippen molar-refractivity contribution in [1.82, 2.24) is 20.6 Å². The Morgan fingerprint density at radius 2 is 0.831 bits per heavy atom. The van der Waals surface area contributed by atoms with Crippen LogP contribution < -0.4 is 48.4 Å². The molecule has 6 N–H and O–H groups in total. The van der Waals surface area contributed by atoms with Crippen LogP contribution in [0.3, 0.4) is 0 Å². The molecule has 0 saturated carbocycles. The van der Waals surface area contributed by atoms with Crippen LogP contribution in [0.2, 0.25) is 15.7 Å². The number of nitrogens with zero attached hydrogens (tertiary/aromatic N) is 4. The molecule has 32 nitrogen and oxygen atoms in total. The van der Waals surface area contributed by atoms with Crippen LogP contribution in [0, 0.1) is 82.7 Å². The Hall–Kier alpha value is -11.1. The molecule has 620 valence electrons. The van der Waals surface area contributed by atoms with Crippen molar-refractivity contribution in [3.63, 3.8) is 0 Å². The zero-order chi connectivity index (χ0) is 115. The molecule has 10 heterocycles. The van der Waals surface area contributed by atoms with Gasteiger partial charge in [-0.05, 0) is 223 Å². The van der Waals surface area contributed by atoms with Gasteiger partial charge in [0.2, 0.25) is 25.3 Å². The second kappa shape index (κ2) is 35.6. The number of thiophene rings is 4. The minimum absolute atomic E-state index is 0.000593. The predicted molar refractivity (Wildman–Crippen MR) is 443 cm³/mol. The van der Waals surface area contributed by atoms with E-state index in [0.717, 1.165) is 52.5 Å². The lowest BCUT2D eigenvalue weighted by Gasteiger charge is -2.14. The third-order valence-corrected chi connectivity index (χ3v) is 26.3. The number of benzene rings is 4. The molecule has 0 atom stereocenters. The van der Waals surface area contributed by atoms with E-state index < -0.39 is 252 Å². The highest BCUT2D eigenvalue weighted by Crippen LogP contribution is 2.40. The number of nitrogens with one attached hydrogen (secondary N) is 6. The summed E-state index contributed by atoms with van der Waals surface area (Å²) in [6, 6.07) is 4.35. The summed E-state index contributed by atoms with van der Waals surface area (Å²) < 4.78 is 415. The van der Waals surface area contributed by atoms with Crippen molar-refractivity contribution in [2.24, 2.45) is 0 Å². The molecule has 0 fully saturated rings. The largest absolute Gasteiger partial charge is 0.454 e. The van der Waals surface area contributed by atoms with E-state index >= 15 is 0 Å². The fourth-order valence-electron chi connectivity index (χ4n) is 9.87. The fraction of sp³-hybridized carbons (Fsp3) is 0.237. The maximum absolute atomic E-state index is 13.7. The number of aromatic nitrogens is 4. The van der Waals surface area contributed by atoms with Crippen molar-refractivity contribution in [3.05, 3.63) is 213 Å². The van der Waals surface area contributed by atoms with Crippen molar-refractivity contribution in [2.75, 3.05) is 43.0 Å². The van der Waals surface area contributed by atoms with Crippen LogP contribution in [0.25, 0.3) is 0 Å². The Morgan fingerprint density at radius 1 is 0.458 bits per heavy atom. The van der Waals surface area contributed by atoms with Gasteiger partial charge in [0.15, 0.2) is 51.8 Å². The van der Waals surface area contributed by atoms with Crippen molar-refractivity contribution in [1.29, 1.82) is 0 Å². The molecule has 2 aliphatic rings. The number of carbonyl (C=O) groups excluding carboxylic acids is 6. The van der Waals surface area contributed by atoms with E-state index in [-0.39, 0.29) is 116 Å². The molecular formula is C76H72Cl2N10O22S8. The van der Waals surface area contributed by atoms with Crippen molar-refractivity contribution < 1.29 is 146 Å². The molecule has 42 heteroatoms. The fourth-order valence-corrected chi connectivity index (χ4v) is 19.5. The van der Waals surface area contributed by atoms with Crippen LogP contribution in [0.4, 0.5) is 34.9 Å². The summed E-state index contributed by atoms with van der Waals surface area (Å²) in [5, 5.41) is 18.3. The van der Waals surface area contributed by atoms with E-state index in [2.05, 4.69) is 30.1 Å². The Labute approximate surface area is 750 Å². The lowest BCUT2D eigenvalue weighted by Crippen LogP contribution is -2.20. The highest BCUT2D eigenvalue weighted by molar-refractivity contribution is 7.94. The molecule has 8 aromatic heterocycles. The monoisotopic (exact) mass is 1840 g/mol. The number of hydrogen-bond acceptors (Lipinski definition) is 30. The molecule has 0 unspecified atom stereocenters. The first-order valence-corrected chi connectivity index (χ1v) is 42.2. The Kier molecular flexibility index (Phi) is 15.9. The maximum atomic E-state index is 13.7. The van der Waals surface area contributed by atoms with Crippen LogP contribution in [0.1, 0.15) is 193 Å². The number of amides is 2. The minimum Gasteiger partial charge on any atom is -0.454 e. The topological polar surface area (TPSA) is 452 Å². The Balaban J connectivity index is 0.000000194. The number of rotatable bonds is 24. The van der Waals surface area contributed by atoms with Gasteiger partial charge in [0, 0.05) is 68.0 Å². The first-order valence-electron chi connectivity index (χ1n) is 48.9. The van der Waals surface area contributed by atoms with Crippen LogP contribution in [0.15, 0.2) is 132 Å². The van der Waals surface area contributed by atoms with E-state index in [0.29, 0.717) is 50.9 Å². The Bertz CT molecular complexity index is 8000. The van der Waals surface area contributed by atoms with Gasteiger partial charge in [0.1, 0.15) is 53.5 Å². The van der Waals surface area contributed by atoms with Gasteiger partial charge in [0.25, 0.3) is 63.7 Å². The van der Waals surface area contributed by atoms with Gasteiger partial charge in [-0.3, -0.25) is 28.8 Å². The molecular weight excluding hydrogens is 1730 g/mol. The van der Waals surface area contributed by atoms with E-state index in [1.54, 1.807) is 19.9 Å². The number of carbonyl (C=O) groups is 6. The zero-order valence-corrected chi connectivity index (χ0v) is 68.2. The molecule has 14 rings (SSSR count). The summed E-state index contributed by atoms with van der Waals surface area (Å²) in [4.78, 5) is 75.1. The summed E-state index contributed by atoms with van der Waals surface area (Å²) in [5.74, 6) is -9.61. The number of aryl methyl sites for hydroxylation is 6. The first-order chi connectivity index (χ1) is 69.4. The van der Waals surface area contributed by atoms with E-state index in [1.165, 1.54) is 61.9 Å². The quantitative estimate of drug-likeness (QED) is 0.0306. The lowest BCUT2D eigenvalue weighted by molar-refractivity contribution is 0.0985. The minimum atomic E-state index is -5.26. The van der Waals surface area contributed by atoms with E-state index in [4.69, 9.17) is 107 Å². The molecule has 0 saturated heterocycles. The predicted octanol–water partition coefficient (Wildman–Crippen LogP) is 16.4. The van der Waals surface area contributed by atoms with E-state index in [9.17, 15) is 62.4 Å². The van der Waals surface area contributed by atoms with Gasteiger partial charge in [-0.2, -0.15) is 0 Å². The standard InChI is InChI=1S/2C20H21N3O5S2.2C18H15ClN2O6S2/c2*1-10-8-11(2)17(15(9-10)14(5)24)21-19(25)18-16(6-7-29-18)30(26,27)23-20-12(3)13(4)22-28-20;2*1-9-5-13-14(26-8-25-13)7-11(9)6-12(22)17-15(3-4-28-17)29(23,24)21-18-16(19)10(2)20-27-18/h2*6-9,23H,1-5H3,(H,21,25);2*3-5,7,21H,6,8H2,1-2H3/i1D3,2D3,3D3,5D3,8D,9D;1D3,2D3,5D3,8D,9D;8D2;1D3/hD4. The van der Waals surface area contributed by atoms with Crippen LogP contribution >= 0.6 is 68.5 Å². The maximum Gasteiger partial charge on any atom is 0.267 e.